The van der Waals surface area contributed by atoms with Gasteiger partial charge in [0.15, 0.2) is 0 Å². The molecule has 2 amide bonds. The summed E-state index contributed by atoms with van der Waals surface area (Å²) in [5.41, 5.74) is 4.22. The standard InChI is InChI=1S/C29H33ClN2O2S/c1-3-17-31-29(34)27(18-23-9-5-4-6-10-23)32(19-25-11-7-8-12-26(25)30)28(33)21-35-20-24-15-13-22(2)14-16-24/h4-16,27H,3,17-21H2,1-2H3,(H,31,34). The molecule has 0 aliphatic rings. The minimum Gasteiger partial charge on any atom is -0.354 e. The lowest BCUT2D eigenvalue weighted by Gasteiger charge is -2.31. The fourth-order valence-corrected chi connectivity index (χ4v) is 4.82. The predicted octanol–water partition coefficient (Wildman–Crippen LogP) is 6.05. The summed E-state index contributed by atoms with van der Waals surface area (Å²) in [5, 5.41) is 3.59. The molecule has 3 rings (SSSR count). The molecule has 1 unspecified atom stereocenters. The number of nitrogens with one attached hydrogen (secondary N) is 1. The number of benzene rings is 3. The first kappa shape index (κ1) is 26.8. The molecule has 0 radical (unpaired) electrons. The molecule has 0 aliphatic carbocycles. The second kappa shape index (κ2) is 14.0. The summed E-state index contributed by atoms with van der Waals surface area (Å²) >= 11 is 8.02. The molecule has 0 saturated heterocycles. The number of rotatable bonds is 12. The number of carbonyl (C=O) groups excluding carboxylic acids is 2. The molecule has 3 aromatic carbocycles. The minimum atomic E-state index is -0.632. The van der Waals surface area contributed by atoms with E-state index in [4.69, 9.17) is 11.6 Å². The van der Waals surface area contributed by atoms with E-state index in [9.17, 15) is 9.59 Å². The topological polar surface area (TPSA) is 49.4 Å². The number of nitrogens with zero attached hydrogens (tertiary/aromatic N) is 1. The average molecular weight is 509 g/mol. The van der Waals surface area contributed by atoms with E-state index in [1.807, 2.05) is 61.5 Å². The van der Waals surface area contributed by atoms with Gasteiger partial charge in [-0.15, -0.1) is 11.8 Å². The maximum absolute atomic E-state index is 13.6. The lowest BCUT2D eigenvalue weighted by molar-refractivity contribution is -0.139. The maximum atomic E-state index is 13.6. The van der Waals surface area contributed by atoms with Gasteiger partial charge in [-0.3, -0.25) is 9.59 Å². The van der Waals surface area contributed by atoms with Gasteiger partial charge in [0.2, 0.25) is 11.8 Å². The molecule has 184 valence electrons. The summed E-state index contributed by atoms with van der Waals surface area (Å²) in [6.45, 7) is 4.92. The zero-order valence-electron chi connectivity index (χ0n) is 20.4. The van der Waals surface area contributed by atoms with Crippen LogP contribution in [-0.4, -0.2) is 35.1 Å². The quantitative estimate of drug-likeness (QED) is 0.324. The average Bonchev–Trinajstić information content (AvgIpc) is 2.87. The highest BCUT2D eigenvalue weighted by Gasteiger charge is 2.30. The van der Waals surface area contributed by atoms with Crippen molar-refractivity contribution in [2.24, 2.45) is 0 Å². The van der Waals surface area contributed by atoms with Gasteiger partial charge in [0.1, 0.15) is 6.04 Å². The van der Waals surface area contributed by atoms with E-state index >= 15 is 0 Å². The van der Waals surface area contributed by atoms with Crippen LogP contribution >= 0.6 is 23.4 Å². The zero-order valence-corrected chi connectivity index (χ0v) is 21.9. The summed E-state index contributed by atoms with van der Waals surface area (Å²) in [7, 11) is 0. The molecule has 6 heteroatoms. The minimum absolute atomic E-state index is 0.0744. The van der Waals surface area contributed by atoms with E-state index in [0.29, 0.717) is 18.0 Å². The Hall–Kier alpha value is -2.76. The van der Waals surface area contributed by atoms with Crippen LogP contribution in [-0.2, 0) is 28.3 Å². The summed E-state index contributed by atoms with van der Waals surface area (Å²) < 4.78 is 0. The van der Waals surface area contributed by atoms with Gasteiger partial charge in [-0.05, 0) is 36.1 Å². The maximum Gasteiger partial charge on any atom is 0.243 e. The highest BCUT2D eigenvalue weighted by molar-refractivity contribution is 7.99. The van der Waals surface area contributed by atoms with E-state index in [2.05, 4.69) is 36.5 Å². The van der Waals surface area contributed by atoms with E-state index < -0.39 is 6.04 Å². The molecule has 0 aromatic heterocycles. The van der Waals surface area contributed by atoms with Crippen molar-refractivity contribution in [1.82, 2.24) is 10.2 Å². The smallest absolute Gasteiger partial charge is 0.243 e. The van der Waals surface area contributed by atoms with E-state index in [0.717, 1.165) is 23.3 Å². The van der Waals surface area contributed by atoms with Gasteiger partial charge < -0.3 is 10.2 Å². The monoisotopic (exact) mass is 508 g/mol. The molecule has 0 heterocycles. The van der Waals surface area contributed by atoms with Crippen LogP contribution in [0.1, 0.15) is 35.6 Å². The predicted molar refractivity (Wildman–Crippen MR) is 147 cm³/mol. The Morgan fingerprint density at radius 1 is 0.943 bits per heavy atom. The van der Waals surface area contributed by atoms with Crippen LogP contribution in [0.3, 0.4) is 0 Å². The number of thioether (sulfide) groups is 1. The third kappa shape index (κ3) is 8.44. The first-order valence-corrected chi connectivity index (χ1v) is 13.5. The van der Waals surface area contributed by atoms with Gasteiger partial charge in [-0.1, -0.05) is 96.9 Å². The van der Waals surface area contributed by atoms with Gasteiger partial charge in [-0.2, -0.15) is 0 Å². The van der Waals surface area contributed by atoms with Gasteiger partial charge in [0.05, 0.1) is 5.75 Å². The summed E-state index contributed by atoms with van der Waals surface area (Å²) in [4.78, 5) is 28.6. The second-order valence-corrected chi connectivity index (χ2v) is 9.98. The molecule has 0 aliphatic heterocycles. The molecule has 35 heavy (non-hydrogen) atoms. The highest BCUT2D eigenvalue weighted by atomic mass is 35.5. The molecule has 1 N–H and O–H groups in total. The van der Waals surface area contributed by atoms with Crippen molar-refractivity contribution in [3.8, 4) is 0 Å². The van der Waals surface area contributed by atoms with Crippen molar-refractivity contribution in [3.05, 3.63) is 106 Å². The number of carbonyl (C=O) groups is 2. The number of hydrogen-bond donors (Lipinski definition) is 1. The molecular weight excluding hydrogens is 476 g/mol. The normalized spacial score (nSPS) is 11.6. The fraction of sp³-hybridized carbons (Fsp3) is 0.310. The Balaban J connectivity index is 1.83. The molecule has 0 bridgehead atoms. The van der Waals surface area contributed by atoms with Crippen molar-refractivity contribution >= 4 is 35.2 Å². The highest BCUT2D eigenvalue weighted by Crippen LogP contribution is 2.22. The lowest BCUT2D eigenvalue weighted by Crippen LogP contribution is -2.51. The molecule has 0 spiro atoms. The van der Waals surface area contributed by atoms with Gasteiger partial charge in [0.25, 0.3) is 0 Å². The molecular formula is C29H33ClN2O2S. The summed E-state index contributed by atoms with van der Waals surface area (Å²) in [6, 6.07) is 25.0. The molecule has 1 atom stereocenters. The first-order valence-electron chi connectivity index (χ1n) is 12.0. The molecule has 4 nitrogen and oxygen atoms in total. The Kier molecular flexibility index (Phi) is 10.7. The van der Waals surface area contributed by atoms with Crippen molar-refractivity contribution in [2.75, 3.05) is 12.3 Å². The largest absolute Gasteiger partial charge is 0.354 e. The van der Waals surface area contributed by atoms with Crippen LogP contribution in [0.2, 0.25) is 5.02 Å². The molecule has 0 fully saturated rings. The van der Waals surface area contributed by atoms with Crippen molar-refractivity contribution < 1.29 is 9.59 Å². The van der Waals surface area contributed by atoms with Crippen molar-refractivity contribution in [1.29, 1.82) is 0 Å². The number of amides is 2. The van der Waals surface area contributed by atoms with Crippen LogP contribution < -0.4 is 5.32 Å². The number of aryl methyl sites for hydroxylation is 1. The Labute approximate surface area is 218 Å². The Bertz CT molecular complexity index is 1090. The summed E-state index contributed by atoms with van der Waals surface area (Å²) in [6.07, 6.45) is 1.27. The van der Waals surface area contributed by atoms with E-state index in [1.165, 1.54) is 11.1 Å². The lowest BCUT2D eigenvalue weighted by atomic mass is 10.0. The van der Waals surface area contributed by atoms with Crippen molar-refractivity contribution in [3.63, 3.8) is 0 Å². The number of hydrogen-bond acceptors (Lipinski definition) is 3. The summed E-state index contributed by atoms with van der Waals surface area (Å²) in [5.74, 6) is 0.802. The number of halogens is 1. The zero-order chi connectivity index (χ0) is 25.0. The van der Waals surface area contributed by atoms with Crippen LogP contribution in [0.25, 0.3) is 0 Å². The third-order valence-electron chi connectivity index (χ3n) is 5.73. The van der Waals surface area contributed by atoms with Crippen LogP contribution in [0.5, 0.6) is 0 Å². The van der Waals surface area contributed by atoms with Crippen LogP contribution in [0, 0.1) is 6.92 Å². The van der Waals surface area contributed by atoms with Crippen LogP contribution in [0.15, 0.2) is 78.9 Å². The first-order chi connectivity index (χ1) is 17.0. The SMILES string of the molecule is CCCNC(=O)C(Cc1ccccc1)N(Cc1ccccc1Cl)C(=O)CSCc1ccc(C)cc1. The third-order valence-corrected chi connectivity index (χ3v) is 7.09. The Morgan fingerprint density at radius 2 is 1.63 bits per heavy atom. The van der Waals surface area contributed by atoms with E-state index in [-0.39, 0.29) is 24.1 Å². The Morgan fingerprint density at radius 3 is 2.31 bits per heavy atom. The molecule has 3 aromatic rings. The van der Waals surface area contributed by atoms with Crippen LogP contribution in [0.4, 0.5) is 0 Å². The fourth-order valence-electron chi connectivity index (χ4n) is 3.75. The van der Waals surface area contributed by atoms with Gasteiger partial charge in [0, 0.05) is 30.3 Å². The second-order valence-electron chi connectivity index (χ2n) is 8.59. The van der Waals surface area contributed by atoms with E-state index in [1.54, 1.807) is 16.7 Å². The van der Waals surface area contributed by atoms with Gasteiger partial charge in [-0.25, -0.2) is 0 Å². The molecule has 0 saturated carbocycles. The van der Waals surface area contributed by atoms with Crippen molar-refractivity contribution in [2.45, 2.75) is 45.0 Å². The van der Waals surface area contributed by atoms with Gasteiger partial charge >= 0.3 is 0 Å².